The lowest BCUT2D eigenvalue weighted by Crippen LogP contribution is -2.17. The molecular formula is C14H16N4O2. The van der Waals surface area contributed by atoms with Crippen LogP contribution in [0.4, 0.5) is 5.69 Å². The summed E-state index contributed by atoms with van der Waals surface area (Å²) in [5.41, 5.74) is 1.30. The van der Waals surface area contributed by atoms with Crippen LogP contribution in [0.2, 0.25) is 0 Å². The second-order valence-electron chi connectivity index (χ2n) is 4.61. The first-order valence-corrected chi connectivity index (χ1v) is 6.31. The van der Waals surface area contributed by atoms with Crippen LogP contribution in [0, 0.1) is 0 Å². The smallest absolute Gasteiger partial charge is 0.226 e. The van der Waals surface area contributed by atoms with E-state index >= 15 is 0 Å². The molecule has 0 unspecified atom stereocenters. The Morgan fingerprint density at radius 2 is 2.00 bits per heavy atom. The number of Topliss-reactive ketones (excluding diaryl/α,β-unsaturated/α-hetero) is 1. The molecule has 2 rings (SSSR count). The number of benzene rings is 1. The highest BCUT2D eigenvalue weighted by Gasteiger charge is 2.11. The summed E-state index contributed by atoms with van der Waals surface area (Å²) in [6, 6.07) is 6.76. The van der Waals surface area contributed by atoms with Crippen LogP contribution in [0.1, 0.15) is 36.7 Å². The summed E-state index contributed by atoms with van der Waals surface area (Å²) in [6.45, 7) is 3.40. The van der Waals surface area contributed by atoms with Gasteiger partial charge in [0.15, 0.2) is 5.78 Å². The van der Waals surface area contributed by atoms with Gasteiger partial charge in [0, 0.05) is 17.7 Å². The van der Waals surface area contributed by atoms with Crippen LogP contribution in [0.25, 0.3) is 0 Å². The van der Waals surface area contributed by atoms with E-state index < -0.39 is 0 Å². The molecule has 2 aromatic rings. The first kappa shape index (κ1) is 13.9. The molecule has 1 N–H and O–H groups in total. The fraction of sp³-hybridized carbons (Fsp3) is 0.286. The number of nitrogens with one attached hydrogen (secondary N) is 1. The third-order valence-corrected chi connectivity index (χ3v) is 2.94. The second-order valence-corrected chi connectivity index (χ2v) is 4.61. The predicted octanol–water partition coefficient (Wildman–Crippen LogP) is 2.07. The SMILES string of the molecule is CC(=O)c1ccc(NC(=O)C[C@@H](C)n2cncn2)cc1. The van der Waals surface area contributed by atoms with Gasteiger partial charge in [-0.05, 0) is 38.1 Å². The summed E-state index contributed by atoms with van der Waals surface area (Å²) in [4.78, 5) is 26.9. The molecule has 1 atom stereocenters. The van der Waals surface area contributed by atoms with Crippen molar-refractivity contribution in [2.45, 2.75) is 26.3 Å². The van der Waals surface area contributed by atoms with Crippen molar-refractivity contribution >= 4 is 17.4 Å². The molecule has 0 radical (unpaired) electrons. The van der Waals surface area contributed by atoms with Crippen molar-refractivity contribution in [1.82, 2.24) is 14.8 Å². The maximum absolute atomic E-state index is 11.9. The number of carbonyl (C=O) groups excluding carboxylic acids is 2. The number of hydrogen-bond acceptors (Lipinski definition) is 4. The van der Waals surface area contributed by atoms with Crippen molar-refractivity contribution in [3.63, 3.8) is 0 Å². The Hall–Kier alpha value is -2.50. The van der Waals surface area contributed by atoms with E-state index in [9.17, 15) is 9.59 Å². The molecule has 0 aliphatic carbocycles. The monoisotopic (exact) mass is 272 g/mol. The van der Waals surface area contributed by atoms with Crippen LogP contribution in [-0.2, 0) is 4.79 Å². The topological polar surface area (TPSA) is 76.9 Å². The molecule has 1 heterocycles. The average Bonchev–Trinajstić information content (AvgIpc) is 2.93. The minimum absolute atomic E-state index is 0.00248. The number of ketones is 1. The number of aromatic nitrogens is 3. The number of rotatable bonds is 5. The van der Waals surface area contributed by atoms with E-state index in [0.717, 1.165) is 0 Å². The lowest BCUT2D eigenvalue weighted by atomic mass is 10.1. The highest BCUT2D eigenvalue weighted by atomic mass is 16.1. The quantitative estimate of drug-likeness (QED) is 0.845. The molecule has 1 amide bonds. The molecule has 0 saturated carbocycles. The maximum Gasteiger partial charge on any atom is 0.226 e. The molecule has 6 heteroatoms. The van der Waals surface area contributed by atoms with E-state index in [4.69, 9.17) is 0 Å². The Morgan fingerprint density at radius 1 is 1.30 bits per heavy atom. The van der Waals surface area contributed by atoms with E-state index in [1.165, 1.54) is 13.3 Å². The Kier molecular flexibility index (Phi) is 4.24. The van der Waals surface area contributed by atoms with Crippen LogP contribution in [0.5, 0.6) is 0 Å². The molecule has 1 aromatic heterocycles. The normalized spacial score (nSPS) is 11.9. The molecule has 0 spiro atoms. The van der Waals surface area contributed by atoms with Gasteiger partial charge in [-0.25, -0.2) is 9.67 Å². The van der Waals surface area contributed by atoms with Crippen LogP contribution in [0.15, 0.2) is 36.9 Å². The minimum atomic E-state index is -0.108. The van der Waals surface area contributed by atoms with Crippen molar-refractivity contribution in [3.05, 3.63) is 42.5 Å². The van der Waals surface area contributed by atoms with Crippen molar-refractivity contribution < 1.29 is 9.59 Å². The van der Waals surface area contributed by atoms with Gasteiger partial charge in [0.25, 0.3) is 0 Å². The standard InChI is InChI=1S/C14H16N4O2/c1-10(18-9-15-8-16-18)7-14(20)17-13-5-3-12(4-6-13)11(2)19/h3-6,8-10H,7H2,1-2H3,(H,17,20)/t10-/m1/s1. The van der Waals surface area contributed by atoms with Gasteiger partial charge in [-0.2, -0.15) is 5.10 Å². The van der Waals surface area contributed by atoms with E-state index in [2.05, 4.69) is 15.4 Å². The zero-order chi connectivity index (χ0) is 14.5. The molecule has 6 nitrogen and oxygen atoms in total. The Labute approximate surface area is 116 Å². The highest BCUT2D eigenvalue weighted by molar-refractivity contribution is 5.95. The van der Waals surface area contributed by atoms with Gasteiger partial charge in [-0.15, -0.1) is 0 Å². The van der Waals surface area contributed by atoms with Gasteiger partial charge in [-0.3, -0.25) is 9.59 Å². The van der Waals surface area contributed by atoms with Crippen molar-refractivity contribution in [2.75, 3.05) is 5.32 Å². The average molecular weight is 272 g/mol. The third-order valence-electron chi connectivity index (χ3n) is 2.94. The van der Waals surface area contributed by atoms with E-state index in [0.29, 0.717) is 17.7 Å². The van der Waals surface area contributed by atoms with Gasteiger partial charge in [-0.1, -0.05) is 0 Å². The molecule has 20 heavy (non-hydrogen) atoms. The molecule has 1 aromatic carbocycles. The summed E-state index contributed by atoms with van der Waals surface area (Å²) in [5, 5.41) is 6.78. The highest BCUT2D eigenvalue weighted by Crippen LogP contribution is 2.13. The summed E-state index contributed by atoms with van der Waals surface area (Å²) in [7, 11) is 0. The predicted molar refractivity (Wildman–Crippen MR) is 74.4 cm³/mol. The van der Waals surface area contributed by atoms with Crippen molar-refractivity contribution in [3.8, 4) is 0 Å². The summed E-state index contributed by atoms with van der Waals surface area (Å²) < 4.78 is 1.64. The second kappa shape index (κ2) is 6.10. The number of carbonyl (C=O) groups is 2. The van der Waals surface area contributed by atoms with Gasteiger partial charge in [0.05, 0.1) is 6.04 Å². The van der Waals surface area contributed by atoms with Crippen LogP contribution < -0.4 is 5.32 Å². The fourth-order valence-electron chi connectivity index (χ4n) is 1.81. The van der Waals surface area contributed by atoms with Gasteiger partial charge in [0.2, 0.25) is 5.91 Å². The fourth-order valence-corrected chi connectivity index (χ4v) is 1.81. The van der Waals surface area contributed by atoms with Crippen LogP contribution >= 0.6 is 0 Å². The van der Waals surface area contributed by atoms with Crippen molar-refractivity contribution in [1.29, 1.82) is 0 Å². The first-order chi connectivity index (χ1) is 9.56. The molecule has 0 aliphatic heterocycles. The van der Waals surface area contributed by atoms with E-state index in [1.807, 2.05) is 6.92 Å². The zero-order valence-corrected chi connectivity index (χ0v) is 11.4. The van der Waals surface area contributed by atoms with Gasteiger partial charge < -0.3 is 5.32 Å². The lowest BCUT2D eigenvalue weighted by molar-refractivity contribution is -0.116. The summed E-state index contributed by atoms with van der Waals surface area (Å²) in [5.74, 6) is -0.105. The van der Waals surface area contributed by atoms with E-state index in [-0.39, 0.29) is 17.7 Å². The number of nitrogens with zero attached hydrogens (tertiary/aromatic N) is 3. The van der Waals surface area contributed by atoms with Gasteiger partial charge >= 0.3 is 0 Å². The lowest BCUT2D eigenvalue weighted by Gasteiger charge is -2.11. The molecule has 0 aliphatic rings. The molecular weight excluding hydrogens is 256 g/mol. The number of anilines is 1. The van der Waals surface area contributed by atoms with Crippen molar-refractivity contribution in [2.24, 2.45) is 0 Å². The molecule has 0 saturated heterocycles. The number of amides is 1. The van der Waals surface area contributed by atoms with E-state index in [1.54, 1.807) is 35.3 Å². The molecule has 0 fully saturated rings. The Morgan fingerprint density at radius 3 is 2.55 bits per heavy atom. The molecule has 104 valence electrons. The van der Waals surface area contributed by atoms with Crippen LogP contribution in [0.3, 0.4) is 0 Å². The first-order valence-electron chi connectivity index (χ1n) is 6.31. The Balaban J connectivity index is 1.92. The maximum atomic E-state index is 11.9. The number of hydrogen-bond donors (Lipinski definition) is 1. The van der Waals surface area contributed by atoms with Crippen LogP contribution in [-0.4, -0.2) is 26.5 Å². The largest absolute Gasteiger partial charge is 0.326 e. The summed E-state index contributed by atoms with van der Waals surface area (Å²) >= 11 is 0. The third kappa shape index (κ3) is 3.50. The minimum Gasteiger partial charge on any atom is -0.326 e. The summed E-state index contributed by atoms with van der Waals surface area (Å²) in [6.07, 6.45) is 3.33. The molecule has 0 bridgehead atoms. The van der Waals surface area contributed by atoms with Gasteiger partial charge in [0.1, 0.15) is 12.7 Å². The Bertz CT molecular complexity index is 590. The zero-order valence-electron chi connectivity index (χ0n) is 11.4.